The minimum atomic E-state index is -3.67. The van der Waals surface area contributed by atoms with Gasteiger partial charge in [-0.1, -0.05) is 29.8 Å². The first-order chi connectivity index (χ1) is 11.9. The zero-order valence-electron chi connectivity index (χ0n) is 14.4. The molecule has 0 radical (unpaired) electrons. The summed E-state index contributed by atoms with van der Waals surface area (Å²) in [5.41, 5.74) is 3.69. The van der Waals surface area contributed by atoms with Crippen molar-refractivity contribution in [3.8, 4) is 5.75 Å². The van der Waals surface area contributed by atoms with Gasteiger partial charge in [0.15, 0.2) is 0 Å². The number of rotatable bonds is 5. The lowest BCUT2D eigenvalue weighted by Crippen LogP contribution is -2.27. The van der Waals surface area contributed by atoms with Crippen LogP contribution >= 0.6 is 11.6 Å². The molecule has 0 unspecified atom stereocenters. The Labute approximate surface area is 154 Å². The van der Waals surface area contributed by atoms with Crippen LogP contribution in [0.4, 0.5) is 0 Å². The highest BCUT2D eigenvalue weighted by atomic mass is 35.5. The number of ether oxygens (including phenoxy) is 1. The lowest BCUT2D eigenvalue weighted by Gasteiger charge is -2.20. The van der Waals surface area contributed by atoms with Crippen molar-refractivity contribution in [1.29, 1.82) is 0 Å². The lowest BCUT2D eigenvalue weighted by atomic mass is 9.89. The number of hydrogen-bond acceptors (Lipinski definition) is 3. The zero-order valence-corrected chi connectivity index (χ0v) is 16.0. The van der Waals surface area contributed by atoms with Gasteiger partial charge in [0.05, 0.1) is 17.0 Å². The Morgan fingerprint density at radius 1 is 1.08 bits per heavy atom. The summed E-state index contributed by atoms with van der Waals surface area (Å²) in [6, 6.07) is 10.4. The molecule has 25 heavy (non-hydrogen) atoms. The number of fused-ring (bicyclic) bond motifs is 1. The van der Waals surface area contributed by atoms with E-state index in [0.29, 0.717) is 5.75 Å². The van der Waals surface area contributed by atoms with Crippen LogP contribution in [0.3, 0.4) is 0 Å². The Morgan fingerprint density at radius 3 is 2.48 bits per heavy atom. The van der Waals surface area contributed by atoms with Gasteiger partial charge in [-0.05, 0) is 67.5 Å². The van der Waals surface area contributed by atoms with Gasteiger partial charge in [0.2, 0.25) is 10.0 Å². The van der Waals surface area contributed by atoms with Gasteiger partial charge in [-0.25, -0.2) is 13.1 Å². The molecule has 0 heterocycles. The number of nitrogens with one attached hydrogen (secondary N) is 1. The van der Waals surface area contributed by atoms with Gasteiger partial charge in [-0.2, -0.15) is 0 Å². The van der Waals surface area contributed by atoms with Gasteiger partial charge >= 0.3 is 0 Å². The number of benzene rings is 2. The zero-order chi connectivity index (χ0) is 18.0. The monoisotopic (exact) mass is 379 g/mol. The van der Waals surface area contributed by atoms with Gasteiger partial charge in [-0.15, -0.1) is 0 Å². The maximum atomic E-state index is 12.6. The average Bonchev–Trinajstić information content (AvgIpc) is 2.60. The molecule has 0 bridgehead atoms. The van der Waals surface area contributed by atoms with Crippen LogP contribution in [0, 0.1) is 0 Å². The van der Waals surface area contributed by atoms with Gasteiger partial charge in [0.25, 0.3) is 0 Å². The normalized spacial score (nSPS) is 15.5. The second kappa shape index (κ2) is 7.36. The van der Waals surface area contributed by atoms with E-state index in [1.165, 1.54) is 43.2 Å². The van der Waals surface area contributed by atoms with Crippen molar-refractivity contribution in [3.63, 3.8) is 0 Å². The molecule has 0 spiro atoms. The van der Waals surface area contributed by atoms with Crippen LogP contribution in [0.15, 0.2) is 41.3 Å². The van der Waals surface area contributed by atoms with Crippen molar-refractivity contribution < 1.29 is 13.2 Å². The average molecular weight is 380 g/mol. The molecule has 0 saturated heterocycles. The highest BCUT2D eigenvalue weighted by molar-refractivity contribution is 7.89. The molecule has 0 aromatic heterocycles. The maximum absolute atomic E-state index is 12.6. The fraction of sp³-hybridized carbons (Fsp3) is 0.368. The molecule has 2 aromatic rings. The molecule has 4 nitrogen and oxygen atoms in total. The van der Waals surface area contributed by atoms with Crippen molar-refractivity contribution in [2.75, 3.05) is 7.11 Å². The SMILES string of the molecule is COc1ccc(S(=O)(=O)N[C@H](C)c2ccc3c(c2)CCCC3)cc1Cl. The van der Waals surface area contributed by atoms with E-state index in [0.717, 1.165) is 18.4 Å². The Hall–Kier alpha value is -1.56. The Bertz CT molecular complexity index is 880. The van der Waals surface area contributed by atoms with Gasteiger partial charge in [-0.3, -0.25) is 0 Å². The molecule has 134 valence electrons. The number of methoxy groups -OCH3 is 1. The number of aryl methyl sites for hydroxylation is 2. The van der Waals surface area contributed by atoms with Crippen molar-refractivity contribution in [1.82, 2.24) is 4.72 Å². The summed E-state index contributed by atoms with van der Waals surface area (Å²) in [5, 5.41) is 0.270. The fourth-order valence-corrected chi connectivity index (χ4v) is 4.79. The van der Waals surface area contributed by atoms with Crippen LogP contribution in [0.1, 0.15) is 42.5 Å². The molecule has 3 rings (SSSR count). The molecule has 1 aliphatic rings. The lowest BCUT2D eigenvalue weighted by molar-refractivity contribution is 0.414. The molecule has 1 N–H and O–H groups in total. The van der Waals surface area contributed by atoms with Gasteiger partial charge < -0.3 is 4.74 Å². The third kappa shape index (κ3) is 4.00. The van der Waals surface area contributed by atoms with Crippen molar-refractivity contribution in [2.24, 2.45) is 0 Å². The van der Waals surface area contributed by atoms with Crippen LogP contribution in [-0.4, -0.2) is 15.5 Å². The second-order valence-electron chi connectivity index (χ2n) is 6.37. The minimum Gasteiger partial charge on any atom is -0.495 e. The highest BCUT2D eigenvalue weighted by Gasteiger charge is 2.20. The van der Waals surface area contributed by atoms with Gasteiger partial charge in [0, 0.05) is 6.04 Å². The summed E-state index contributed by atoms with van der Waals surface area (Å²) in [4.78, 5) is 0.128. The van der Waals surface area contributed by atoms with E-state index in [1.807, 2.05) is 13.0 Å². The Kier molecular flexibility index (Phi) is 5.37. The van der Waals surface area contributed by atoms with E-state index in [1.54, 1.807) is 6.07 Å². The number of halogens is 1. The molecular formula is C19H22ClNO3S. The van der Waals surface area contributed by atoms with Crippen molar-refractivity contribution in [2.45, 2.75) is 43.5 Å². The number of sulfonamides is 1. The smallest absolute Gasteiger partial charge is 0.241 e. The quantitative estimate of drug-likeness (QED) is 0.844. The van der Waals surface area contributed by atoms with E-state index in [-0.39, 0.29) is 16.0 Å². The highest BCUT2D eigenvalue weighted by Crippen LogP contribution is 2.28. The van der Waals surface area contributed by atoms with E-state index >= 15 is 0 Å². The summed E-state index contributed by atoms with van der Waals surface area (Å²) >= 11 is 6.05. The van der Waals surface area contributed by atoms with E-state index in [9.17, 15) is 8.42 Å². The summed E-state index contributed by atoms with van der Waals surface area (Å²) in [7, 11) is -2.17. The largest absolute Gasteiger partial charge is 0.495 e. The van der Waals surface area contributed by atoms with Crippen molar-refractivity contribution in [3.05, 3.63) is 58.1 Å². The topological polar surface area (TPSA) is 55.4 Å². The fourth-order valence-electron chi connectivity index (χ4n) is 3.21. The first kappa shape index (κ1) is 18.2. The van der Waals surface area contributed by atoms with Crippen LogP contribution in [-0.2, 0) is 22.9 Å². The molecule has 0 saturated carbocycles. The second-order valence-corrected chi connectivity index (χ2v) is 8.50. The summed E-state index contributed by atoms with van der Waals surface area (Å²) in [5.74, 6) is 0.448. The molecule has 2 aromatic carbocycles. The molecule has 1 aliphatic carbocycles. The molecule has 1 atom stereocenters. The predicted octanol–water partition coefficient (Wildman–Crippen LogP) is 4.27. The summed E-state index contributed by atoms with van der Waals surface area (Å²) in [6.07, 6.45) is 4.60. The molecule has 6 heteroatoms. The summed E-state index contributed by atoms with van der Waals surface area (Å²) in [6.45, 7) is 1.85. The molecule has 0 aliphatic heterocycles. The van der Waals surface area contributed by atoms with Crippen LogP contribution in [0.5, 0.6) is 5.75 Å². The van der Waals surface area contributed by atoms with Gasteiger partial charge in [0.1, 0.15) is 5.75 Å². The summed E-state index contributed by atoms with van der Waals surface area (Å²) < 4.78 is 33.1. The van der Waals surface area contributed by atoms with E-state index in [2.05, 4.69) is 16.9 Å². The van der Waals surface area contributed by atoms with Crippen LogP contribution in [0.2, 0.25) is 5.02 Å². The minimum absolute atomic E-state index is 0.128. The standard InChI is InChI=1S/C19H22ClNO3S/c1-13(15-8-7-14-5-3-4-6-16(14)11-15)21-25(22,23)17-9-10-19(24-2)18(20)12-17/h7-13,21H,3-6H2,1-2H3/t13-/m1/s1. The molecule has 0 amide bonds. The Balaban J connectivity index is 1.81. The van der Waals surface area contributed by atoms with E-state index < -0.39 is 10.0 Å². The first-order valence-electron chi connectivity index (χ1n) is 8.38. The number of hydrogen-bond donors (Lipinski definition) is 1. The Morgan fingerprint density at radius 2 is 1.80 bits per heavy atom. The predicted molar refractivity (Wildman–Crippen MR) is 99.8 cm³/mol. The maximum Gasteiger partial charge on any atom is 0.241 e. The van der Waals surface area contributed by atoms with E-state index in [4.69, 9.17) is 16.3 Å². The van der Waals surface area contributed by atoms with Crippen LogP contribution in [0.25, 0.3) is 0 Å². The molecular weight excluding hydrogens is 358 g/mol. The van der Waals surface area contributed by atoms with Crippen LogP contribution < -0.4 is 9.46 Å². The third-order valence-electron chi connectivity index (χ3n) is 4.64. The third-order valence-corrected chi connectivity index (χ3v) is 6.47. The molecule has 0 fully saturated rings. The van der Waals surface area contributed by atoms with Crippen molar-refractivity contribution >= 4 is 21.6 Å². The first-order valence-corrected chi connectivity index (χ1v) is 10.2.